The Morgan fingerprint density at radius 1 is 1.58 bits per heavy atom. The summed E-state index contributed by atoms with van der Waals surface area (Å²) in [6.07, 6.45) is 2.79. The fourth-order valence-electron chi connectivity index (χ4n) is 1.48. The van der Waals surface area contributed by atoms with E-state index in [-0.39, 0.29) is 5.91 Å². The Hall–Kier alpha value is -2.13. The first-order valence-corrected chi connectivity index (χ1v) is 6.62. The van der Waals surface area contributed by atoms with Crippen LogP contribution >= 0.6 is 11.3 Å². The first-order valence-electron chi connectivity index (χ1n) is 5.74. The lowest BCUT2D eigenvalue weighted by molar-refractivity contribution is -0.131. The maximum absolute atomic E-state index is 12.1. The van der Waals surface area contributed by atoms with Crippen LogP contribution in [-0.2, 0) is 4.79 Å². The average Bonchev–Trinajstić information content (AvgIpc) is 2.85. The summed E-state index contributed by atoms with van der Waals surface area (Å²) in [6.45, 7) is 2.80. The highest BCUT2D eigenvalue weighted by molar-refractivity contribution is 7.11. The van der Waals surface area contributed by atoms with E-state index in [1.165, 1.54) is 17.4 Å². The summed E-state index contributed by atoms with van der Waals surface area (Å²) < 4.78 is 0. The fourth-order valence-corrected chi connectivity index (χ4v) is 2.25. The van der Waals surface area contributed by atoms with Gasteiger partial charge in [-0.05, 0) is 19.1 Å². The summed E-state index contributed by atoms with van der Waals surface area (Å²) >= 11 is 1.31. The van der Waals surface area contributed by atoms with Crippen molar-refractivity contribution in [2.45, 2.75) is 13.3 Å². The zero-order valence-corrected chi connectivity index (χ0v) is 11.3. The minimum absolute atomic E-state index is 0.135. The third-order valence-corrected chi connectivity index (χ3v) is 3.32. The van der Waals surface area contributed by atoms with E-state index in [1.54, 1.807) is 16.3 Å². The van der Waals surface area contributed by atoms with E-state index >= 15 is 0 Å². The molecular formula is C13H14N2O3S. The van der Waals surface area contributed by atoms with E-state index in [1.807, 2.05) is 13.0 Å². The molecule has 1 aromatic heterocycles. The fraction of sp³-hybridized carbons (Fsp3) is 0.308. The molecule has 0 saturated heterocycles. The summed E-state index contributed by atoms with van der Waals surface area (Å²) in [5.74, 6) is -1.16. The first kappa shape index (κ1) is 14.9. The van der Waals surface area contributed by atoms with Crippen LogP contribution in [0.15, 0.2) is 17.5 Å². The molecule has 0 atom stereocenters. The van der Waals surface area contributed by atoms with E-state index < -0.39 is 5.97 Å². The van der Waals surface area contributed by atoms with Crippen LogP contribution in [0.25, 0.3) is 6.08 Å². The van der Waals surface area contributed by atoms with Gasteiger partial charge in [-0.2, -0.15) is 5.26 Å². The number of rotatable bonds is 6. The topological polar surface area (TPSA) is 81.4 Å². The maximum Gasteiger partial charge on any atom is 0.328 e. The molecule has 0 spiro atoms. The number of nitrogens with zero attached hydrogens (tertiary/aromatic N) is 2. The third-order valence-electron chi connectivity index (χ3n) is 2.42. The van der Waals surface area contributed by atoms with Gasteiger partial charge in [-0.1, -0.05) is 0 Å². The molecule has 0 radical (unpaired) electrons. The molecule has 0 saturated carbocycles. The Bertz CT molecular complexity index is 528. The third kappa shape index (κ3) is 4.56. The molecule has 1 heterocycles. The SMILES string of the molecule is CCN(CCC#N)C(=O)c1csc(C=CC(=O)O)c1. The van der Waals surface area contributed by atoms with E-state index in [0.29, 0.717) is 30.0 Å². The van der Waals surface area contributed by atoms with Gasteiger partial charge in [-0.15, -0.1) is 11.3 Å². The quantitative estimate of drug-likeness (QED) is 0.809. The first-order chi connectivity index (χ1) is 9.08. The van der Waals surface area contributed by atoms with Gasteiger partial charge in [0, 0.05) is 29.4 Å². The van der Waals surface area contributed by atoms with Crippen LogP contribution in [0.3, 0.4) is 0 Å². The van der Waals surface area contributed by atoms with Crippen molar-refractivity contribution < 1.29 is 14.7 Å². The Kier molecular flexibility index (Phi) is 5.76. The normalized spacial score (nSPS) is 10.3. The number of amides is 1. The van der Waals surface area contributed by atoms with Gasteiger partial charge in [0.25, 0.3) is 5.91 Å². The number of hydrogen-bond acceptors (Lipinski definition) is 4. The lowest BCUT2D eigenvalue weighted by Gasteiger charge is -2.18. The zero-order valence-electron chi connectivity index (χ0n) is 10.5. The number of carbonyl (C=O) groups excluding carboxylic acids is 1. The predicted octanol–water partition coefficient (Wildman–Crippen LogP) is 2.22. The molecule has 0 aromatic carbocycles. The van der Waals surface area contributed by atoms with Crippen molar-refractivity contribution in [3.8, 4) is 6.07 Å². The molecule has 0 unspecified atom stereocenters. The van der Waals surface area contributed by atoms with Gasteiger partial charge in [0.05, 0.1) is 18.1 Å². The Morgan fingerprint density at radius 2 is 2.32 bits per heavy atom. The molecule has 1 amide bonds. The summed E-state index contributed by atoms with van der Waals surface area (Å²) in [5, 5.41) is 18.8. The zero-order chi connectivity index (χ0) is 14.3. The lowest BCUT2D eigenvalue weighted by atomic mass is 10.2. The molecule has 0 aliphatic heterocycles. The molecule has 0 aliphatic rings. The Labute approximate surface area is 115 Å². The molecule has 0 bridgehead atoms. The van der Waals surface area contributed by atoms with Crippen molar-refractivity contribution in [2.24, 2.45) is 0 Å². The number of nitriles is 1. The van der Waals surface area contributed by atoms with Crippen molar-refractivity contribution in [2.75, 3.05) is 13.1 Å². The predicted molar refractivity (Wildman–Crippen MR) is 72.8 cm³/mol. The summed E-state index contributed by atoms with van der Waals surface area (Å²) in [6, 6.07) is 3.66. The molecule has 1 aromatic rings. The van der Waals surface area contributed by atoms with Crippen LogP contribution in [0.1, 0.15) is 28.6 Å². The summed E-state index contributed by atoms with van der Waals surface area (Å²) in [5.41, 5.74) is 0.523. The largest absolute Gasteiger partial charge is 0.478 e. The highest BCUT2D eigenvalue weighted by atomic mass is 32.1. The number of carboxylic acids is 1. The van der Waals surface area contributed by atoms with Gasteiger partial charge in [0.15, 0.2) is 0 Å². The van der Waals surface area contributed by atoms with Gasteiger partial charge in [-0.25, -0.2) is 4.79 Å². The minimum atomic E-state index is -1.02. The van der Waals surface area contributed by atoms with Crippen LogP contribution in [0, 0.1) is 11.3 Å². The van der Waals surface area contributed by atoms with Gasteiger partial charge >= 0.3 is 5.97 Å². The molecule has 1 rings (SSSR count). The second-order valence-electron chi connectivity index (χ2n) is 3.70. The van der Waals surface area contributed by atoms with Gasteiger partial charge in [0.2, 0.25) is 0 Å². The van der Waals surface area contributed by atoms with Crippen LogP contribution in [-0.4, -0.2) is 35.0 Å². The van der Waals surface area contributed by atoms with Gasteiger partial charge in [-0.3, -0.25) is 4.79 Å². The smallest absolute Gasteiger partial charge is 0.328 e. The summed E-state index contributed by atoms with van der Waals surface area (Å²) in [4.78, 5) is 24.8. The number of hydrogen-bond donors (Lipinski definition) is 1. The molecule has 19 heavy (non-hydrogen) atoms. The van der Waals surface area contributed by atoms with Crippen LogP contribution in [0.4, 0.5) is 0 Å². The number of thiophene rings is 1. The summed E-state index contributed by atoms with van der Waals surface area (Å²) in [7, 11) is 0. The van der Waals surface area contributed by atoms with Crippen LogP contribution in [0.2, 0.25) is 0 Å². The van der Waals surface area contributed by atoms with Crippen molar-refractivity contribution in [1.82, 2.24) is 4.90 Å². The molecule has 0 fully saturated rings. The van der Waals surface area contributed by atoms with Crippen molar-refractivity contribution in [3.63, 3.8) is 0 Å². The average molecular weight is 278 g/mol. The number of carbonyl (C=O) groups is 2. The Morgan fingerprint density at radius 3 is 2.89 bits per heavy atom. The van der Waals surface area contributed by atoms with Crippen molar-refractivity contribution in [3.05, 3.63) is 28.0 Å². The number of carboxylic acid groups (broad SMARTS) is 1. The number of aliphatic carboxylic acids is 1. The van der Waals surface area contributed by atoms with E-state index in [4.69, 9.17) is 10.4 Å². The molecule has 100 valence electrons. The Balaban J connectivity index is 2.77. The molecular weight excluding hydrogens is 264 g/mol. The monoisotopic (exact) mass is 278 g/mol. The van der Waals surface area contributed by atoms with Gasteiger partial charge in [0.1, 0.15) is 0 Å². The van der Waals surface area contributed by atoms with Crippen LogP contribution in [0.5, 0.6) is 0 Å². The highest BCUT2D eigenvalue weighted by Crippen LogP contribution is 2.18. The molecule has 6 heteroatoms. The van der Waals surface area contributed by atoms with E-state index in [2.05, 4.69) is 0 Å². The van der Waals surface area contributed by atoms with Crippen molar-refractivity contribution in [1.29, 1.82) is 5.26 Å². The van der Waals surface area contributed by atoms with E-state index in [0.717, 1.165) is 6.08 Å². The van der Waals surface area contributed by atoms with E-state index in [9.17, 15) is 9.59 Å². The van der Waals surface area contributed by atoms with Crippen LogP contribution < -0.4 is 0 Å². The molecule has 0 aliphatic carbocycles. The second-order valence-corrected chi connectivity index (χ2v) is 4.65. The maximum atomic E-state index is 12.1. The van der Waals surface area contributed by atoms with Crippen molar-refractivity contribution >= 4 is 29.3 Å². The van der Waals surface area contributed by atoms with Gasteiger partial charge < -0.3 is 10.0 Å². The molecule has 1 N–H and O–H groups in total. The minimum Gasteiger partial charge on any atom is -0.478 e. The second kappa shape index (κ2) is 7.34. The molecule has 5 nitrogen and oxygen atoms in total. The lowest BCUT2D eigenvalue weighted by Crippen LogP contribution is -2.31. The highest BCUT2D eigenvalue weighted by Gasteiger charge is 2.14. The standard InChI is InChI=1S/C13H14N2O3S/c1-2-15(7-3-6-14)13(18)10-8-11(19-9-10)4-5-12(16)17/h4-5,8-9H,2-3,7H2,1H3,(H,16,17).